The molecule has 1 aromatic heterocycles. The molecule has 14 heavy (non-hydrogen) atoms. The van der Waals surface area contributed by atoms with Crippen LogP contribution >= 0.6 is 0 Å². The standard InChI is InChI=1S/C11H21N3/c1-11(2,3)7-5-9(12)10-6-8-13-14(10)4/h6,8-9H,5,7,12H2,1-4H3. The number of nitrogens with zero attached hydrogens (tertiary/aromatic N) is 2. The van der Waals surface area contributed by atoms with Crippen molar-refractivity contribution in [1.82, 2.24) is 9.78 Å². The van der Waals surface area contributed by atoms with Crippen molar-refractivity contribution in [3.8, 4) is 0 Å². The number of nitrogens with two attached hydrogens (primary N) is 1. The lowest BCUT2D eigenvalue weighted by atomic mass is 9.88. The molecule has 80 valence electrons. The van der Waals surface area contributed by atoms with Gasteiger partial charge in [0.1, 0.15) is 0 Å². The van der Waals surface area contributed by atoms with Gasteiger partial charge in [0.15, 0.2) is 0 Å². The van der Waals surface area contributed by atoms with Crippen LogP contribution in [-0.2, 0) is 7.05 Å². The van der Waals surface area contributed by atoms with Gasteiger partial charge in [-0.3, -0.25) is 4.68 Å². The van der Waals surface area contributed by atoms with Crippen LogP contribution in [0, 0.1) is 5.41 Å². The maximum Gasteiger partial charge on any atom is 0.0548 e. The summed E-state index contributed by atoms with van der Waals surface area (Å²) in [4.78, 5) is 0. The van der Waals surface area contributed by atoms with Crippen LogP contribution in [0.5, 0.6) is 0 Å². The van der Waals surface area contributed by atoms with Crippen LogP contribution in [0.4, 0.5) is 0 Å². The Labute approximate surface area is 86.3 Å². The summed E-state index contributed by atoms with van der Waals surface area (Å²) in [5, 5.41) is 4.12. The fourth-order valence-electron chi connectivity index (χ4n) is 1.48. The van der Waals surface area contributed by atoms with Gasteiger partial charge in [0.2, 0.25) is 0 Å². The molecular formula is C11H21N3. The summed E-state index contributed by atoms with van der Waals surface area (Å²) in [5.74, 6) is 0. The molecule has 0 fully saturated rings. The van der Waals surface area contributed by atoms with E-state index in [-0.39, 0.29) is 6.04 Å². The third kappa shape index (κ3) is 3.14. The molecule has 0 radical (unpaired) electrons. The molecule has 0 bridgehead atoms. The molecule has 0 aromatic carbocycles. The van der Waals surface area contributed by atoms with E-state index in [9.17, 15) is 0 Å². The SMILES string of the molecule is Cn1nccc1C(N)CCC(C)(C)C. The third-order valence-corrected chi connectivity index (χ3v) is 2.44. The molecule has 1 atom stereocenters. The summed E-state index contributed by atoms with van der Waals surface area (Å²) in [7, 11) is 1.94. The summed E-state index contributed by atoms with van der Waals surface area (Å²) in [6, 6.07) is 2.11. The Hall–Kier alpha value is -0.830. The van der Waals surface area contributed by atoms with Gasteiger partial charge >= 0.3 is 0 Å². The smallest absolute Gasteiger partial charge is 0.0548 e. The molecule has 0 aliphatic rings. The van der Waals surface area contributed by atoms with Gasteiger partial charge in [-0.1, -0.05) is 20.8 Å². The van der Waals surface area contributed by atoms with E-state index in [2.05, 4.69) is 25.9 Å². The van der Waals surface area contributed by atoms with Gasteiger partial charge in [-0.15, -0.1) is 0 Å². The molecule has 0 aliphatic carbocycles. The summed E-state index contributed by atoms with van der Waals surface area (Å²) in [6.07, 6.45) is 3.95. The van der Waals surface area contributed by atoms with Crippen molar-refractivity contribution in [1.29, 1.82) is 0 Å². The quantitative estimate of drug-likeness (QED) is 0.804. The first-order valence-corrected chi connectivity index (χ1v) is 5.13. The van der Waals surface area contributed by atoms with E-state index in [1.165, 1.54) is 0 Å². The van der Waals surface area contributed by atoms with Gasteiger partial charge in [-0.2, -0.15) is 5.10 Å². The molecule has 3 nitrogen and oxygen atoms in total. The van der Waals surface area contributed by atoms with Crippen LogP contribution in [0.2, 0.25) is 0 Å². The highest BCUT2D eigenvalue weighted by Crippen LogP contribution is 2.25. The highest BCUT2D eigenvalue weighted by molar-refractivity contribution is 5.05. The summed E-state index contributed by atoms with van der Waals surface area (Å²) in [6.45, 7) is 6.72. The molecule has 0 saturated heterocycles. The molecule has 0 amide bonds. The normalized spacial score (nSPS) is 14.4. The van der Waals surface area contributed by atoms with Crippen LogP contribution in [0.25, 0.3) is 0 Å². The van der Waals surface area contributed by atoms with E-state index < -0.39 is 0 Å². The fourth-order valence-corrected chi connectivity index (χ4v) is 1.48. The molecular weight excluding hydrogens is 174 g/mol. The minimum absolute atomic E-state index is 0.113. The average molecular weight is 195 g/mol. The second-order valence-electron chi connectivity index (χ2n) is 5.09. The maximum absolute atomic E-state index is 6.09. The van der Waals surface area contributed by atoms with Crippen molar-refractivity contribution in [3.05, 3.63) is 18.0 Å². The summed E-state index contributed by atoms with van der Waals surface area (Å²) < 4.78 is 1.85. The van der Waals surface area contributed by atoms with E-state index >= 15 is 0 Å². The van der Waals surface area contributed by atoms with Crippen molar-refractivity contribution >= 4 is 0 Å². The van der Waals surface area contributed by atoms with Gasteiger partial charge in [-0.05, 0) is 24.3 Å². The Morgan fingerprint density at radius 2 is 2.14 bits per heavy atom. The lowest BCUT2D eigenvalue weighted by Crippen LogP contribution is -2.17. The first kappa shape index (κ1) is 11.2. The monoisotopic (exact) mass is 195 g/mol. The molecule has 1 rings (SSSR count). The molecule has 0 aliphatic heterocycles. The predicted octanol–water partition coefficient (Wildman–Crippen LogP) is 2.25. The first-order chi connectivity index (χ1) is 6.40. The Kier molecular flexibility index (Phi) is 3.32. The van der Waals surface area contributed by atoms with Gasteiger partial charge in [-0.25, -0.2) is 0 Å². The zero-order valence-electron chi connectivity index (χ0n) is 9.62. The Morgan fingerprint density at radius 3 is 2.57 bits per heavy atom. The van der Waals surface area contributed by atoms with Crippen LogP contribution in [0.3, 0.4) is 0 Å². The zero-order valence-corrected chi connectivity index (χ0v) is 9.62. The minimum Gasteiger partial charge on any atom is -0.323 e. The number of rotatable bonds is 3. The van der Waals surface area contributed by atoms with Gasteiger partial charge in [0.05, 0.1) is 5.69 Å². The van der Waals surface area contributed by atoms with Crippen LogP contribution in [0.1, 0.15) is 45.3 Å². The number of aromatic nitrogens is 2. The van der Waals surface area contributed by atoms with Crippen LogP contribution < -0.4 is 5.73 Å². The van der Waals surface area contributed by atoms with Crippen LogP contribution in [0.15, 0.2) is 12.3 Å². The lowest BCUT2D eigenvalue weighted by molar-refractivity contribution is 0.346. The predicted molar refractivity (Wildman–Crippen MR) is 58.8 cm³/mol. The topological polar surface area (TPSA) is 43.8 Å². The van der Waals surface area contributed by atoms with Gasteiger partial charge in [0.25, 0.3) is 0 Å². The van der Waals surface area contributed by atoms with E-state index in [1.807, 2.05) is 17.8 Å². The Morgan fingerprint density at radius 1 is 1.50 bits per heavy atom. The highest BCUT2D eigenvalue weighted by Gasteiger charge is 2.15. The van der Waals surface area contributed by atoms with E-state index in [1.54, 1.807) is 6.20 Å². The van der Waals surface area contributed by atoms with E-state index in [4.69, 9.17) is 5.73 Å². The highest BCUT2D eigenvalue weighted by atomic mass is 15.3. The van der Waals surface area contributed by atoms with E-state index in [0.717, 1.165) is 18.5 Å². The van der Waals surface area contributed by atoms with Crippen molar-refractivity contribution in [2.45, 2.75) is 39.7 Å². The largest absolute Gasteiger partial charge is 0.323 e. The average Bonchev–Trinajstić information content (AvgIpc) is 2.46. The van der Waals surface area contributed by atoms with Gasteiger partial charge in [0, 0.05) is 19.3 Å². The summed E-state index contributed by atoms with van der Waals surface area (Å²) >= 11 is 0. The minimum atomic E-state index is 0.113. The molecule has 0 saturated carbocycles. The molecule has 0 spiro atoms. The number of hydrogen-bond donors (Lipinski definition) is 1. The fraction of sp³-hybridized carbons (Fsp3) is 0.727. The third-order valence-electron chi connectivity index (χ3n) is 2.44. The van der Waals surface area contributed by atoms with Crippen molar-refractivity contribution in [3.63, 3.8) is 0 Å². The molecule has 1 aromatic rings. The first-order valence-electron chi connectivity index (χ1n) is 5.13. The zero-order chi connectivity index (χ0) is 10.8. The molecule has 1 unspecified atom stereocenters. The molecule has 3 heteroatoms. The number of hydrogen-bond acceptors (Lipinski definition) is 2. The van der Waals surface area contributed by atoms with Crippen molar-refractivity contribution in [2.75, 3.05) is 0 Å². The second kappa shape index (κ2) is 4.13. The summed E-state index contributed by atoms with van der Waals surface area (Å²) in [5.41, 5.74) is 7.56. The van der Waals surface area contributed by atoms with E-state index in [0.29, 0.717) is 5.41 Å². The lowest BCUT2D eigenvalue weighted by Gasteiger charge is -2.20. The maximum atomic E-state index is 6.09. The van der Waals surface area contributed by atoms with Crippen molar-refractivity contribution < 1.29 is 0 Å². The van der Waals surface area contributed by atoms with Crippen LogP contribution in [-0.4, -0.2) is 9.78 Å². The Bertz CT molecular complexity index is 283. The molecule has 2 N–H and O–H groups in total. The van der Waals surface area contributed by atoms with Crippen molar-refractivity contribution in [2.24, 2.45) is 18.2 Å². The Balaban J connectivity index is 2.51. The number of aryl methyl sites for hydroxylation is 1. The second-order valence-corrected chi connectivity index (χ2v) is 5.09. The van der Waals surface area contributed by atoms with Gasteiger partial charge < -0.3 is 5.73 Å². The molecule has 1 heterocycles.